The highest BCUT2D eigenvalue weighted by atomic mass is 32.2. The first-order chi connectivity index (χ1) is 8.86. The summed E-state index contributed by atoms with van der Waals surface area (Å²) in [5, 5.41) is 3.79. The number of nitrogens with one attached hydrogen (secondary N) is 1. The summed E-state index contributed by atoms with van der Waals surface area (Å²) in [7, 11) is 0. The van der Waals surface area contributed by atoms with Gasteiger partial charge in [-0.25, -0.2) is 0 Å². The predicted molar refractivity (Wildman–Crippen MR) is 80.2 cm³/mol. The lowest BCUT2D eigenvalue weighted by Gasteiger charge is -2.25. The molecular weight excluding hydrogens is 238 g/mol. The fourth-order valence-electron chi connectivity index (χ4n) is 3.48. The molecule has 1 aromatic carbocycles. The van der Waals surface area contributed by atoms with Gasteiger partial charge in [-0.3, -0.25) is 0 Å². The molecule has 1 aromatic rings. The molecule has 2 aliphatic rings. The summed E-state index contributed by atoms with van der Waals surface area (Å²) in [6.07, 6.45) is 7.71. The zero-order valence-corrected chi connectivity index (χ0v) is 11.6. The largest absolute Gasteiger partial charge is 0.381 e. The molecule has 1 nitrogen and oxygen atoms in total. The Morgan fingerprint density at radius 1 is 1.28 bits per heavy atom. The van der Waals surface area contributed by atoms with Gasteiger partial charge in [-0.1, -0.05) is 24.6 Å². The van der Waals surface area contributed by atoms with Crippen molar-refractivity contribution in [3.63, 3.8) is 0 Å². The van der Waals surface area contributed by atoms with Crippen LogP contribution in [0.4, 0.5) is 5.69 Å². The van der Waals surface area contributed by atoms with Crippen LogP contribution in [0.2, 0.25) is 0 Å². The van der Waals surface area contributed by atoms with Gasteiger partial charge in [0.05, 0.1) is 0 Å². The van der Waals surface area contributed by atoms with Crippen LogP contribution in [0, 0.1) is 11.8 Å². The summed E-state index contributed by atoms with van der Waals surface area (Å²) < 4.78 is 0. The lowest BCUT2D eigenvalue weighted by atomic mass is 9.95. The standard InChI is InChI=1S/C16H21NS/c1-2-9-18-16-6-4-3-5-14(16)17-15-11-12-7-8-13(15)10-12/h2-6,12-13,15,17H,1,7-11H2. The Balaban J connectivity index is 1.70. The molecule has 0 heterocycles. The van der Waals surface area contributed by atoms with Crippen molar-refractivity contribution >= 4 is 17.4 Å². The molecule has 2 fully saturated rings. The van der Waals surface area contributed by atoms with Crippen LogP contribution in [0.15, 0.2) is 41.8 Å². The van der Waals surface area contributed by atoms with Crippen LogP contribution in [0.5, 0.6) is 0 Å². The zero-order valence-electron chi connectivity index (χ0n) is 10.8. The lowest BCUT2D eigenvalue weighted by molar-refractivity contribution is 0.439. The number of fused-ring (bicyclic) bond motifs is 2. The van der Waals surface area contributed by atoms with Crippen molar-refractivity contribution < 1.29 is 0 Å². The smallest absolute Gasteiger partial charge is 0.0480 e. The second-order valence-electron chi connectivity index (χ2n) is 5.52. The van der Waals surface area contributed by atoms with E-state index in [1.165, 1.54) is 36.3 Å². The van der Waals surface area contributed by atoms with Gasteiger partial charge in [0.15, 0.2) is 0 Å². The van der Waals surface area contributed by atoms with E-state index in [-0.39, 0.29) is 0 Å². The van der Waals surface area contributed by atoms with Crippen LogP contribution in [-0.2, 0) is 0 Å². The molecule has 3 rings (SSSR count). The van der Waals surface area contributed by atoms with E-state index in [0.29, 0.717) is 6.04 Å². The van der Waals surface area contributed by atoms with Crippen molar-refractivity contribution in [2.24, 2.45) is 11.8 Å². The Hall–Kier alpha value is -0.890. The topological polar surface area (TPSA) is 12.0 Å². The number of thioether (sulfide) groups is 1. The van der Waals surface area contributed by atoms with Gasteiger partial charge in [-0.2, -0.15) is 0 Å². The van der Waals surface area contributed by atoms with Gasteiger partial charge < -0.3 is 5.32 Å². The third-order valence-corrected chi connectivity index (χ3v) is 5.39. The van der Waals surface area contributed by atoms with Crippen LogP contribution in [0.25, 0.3) is 0 Å². The maximum Gasteiger partial charge on any atom is 0.0480 e. The van der Waals surface area contributed by atoms with Crippen LogP contribution in [-0.4, -0.2) is 11.8 Å². The SMILES string of the molecule is C=CCSc1ccccc1NC1CC2CCC1C2. The minimum absolute atomic E-state index is 0.717. The first-order valence-electron chi connectivity index (χ1n) is 6.96. The number of benzene rings is 1. The van der Waals surface area contributed by atoms with Crippen molar-refractivity contribution in [2.75, 3.05) is 11.1 Å². The maximum atomic E-state index is 3.80. The quantitative estimate of drug-likeness (QED) is 0.614. The highest BCUT2D eigenvalue weighted by molar-refractivity contribution is 7.99. The van der Waals surface area contributed by atoms with Gasteiger partial charge in [0, 0.05) is 22.4 Å². The highest BCUT2D eigenvalue weighted by Crippen LogP contribution is 2.46. The summed E-state index contributed by atoms with van der Waals surface area (Å²) in [4.78, 5) is 1.36. The minimum Gasteiger partial charge on any atom is -0.381 e. The van der Waals surface area contributed by atoms with E-state index in [0.717, 1.165) is 17.6 Å². The van der Waals surface area contributed by atoms with Crippen molar-refractivity contribution in [3.8, 4) is 0 Å². The molecule has 3 unspecified atom stereocenters. The van der Waals surface area contributed by atoms with Crippen LogP contribution in [0.1, 0.15) is 25.7 Å². The first kappa shape index (κ1) is 12.2. The summed E-state index contributed by atoms with van der Waals surface area (Å²) in [5.41, 5.74) is 1.32. The van der Waals surface area contributed by atoms with E-state index in [9.17, 15) is 0 Å². The van der Waals surface area contributed by atoms with Gasteiger partial charge in [0.25, 0.3) is 0 Å². The maximum absolute atomic E-state index is 3.80. The Kier molecular flexibility index (Phi) is 3.64. The number of rotatable bonds is 5. The monoisotopic (exact) mass is 259 g/mol. The Labute approximate surface area is 114 Å². The van der Waals surface area contributed by atoms with Gasteiger partial charge in [-0.15, -0.1) is 18.3 Å². The Morgan fingerprint density at radius 2 is 2.17 bits per heavy atom. The molecule has 0 aromatic heterocycles. The van der Waals surface area contributed by atoms with Crippen molar-refractivity contribution in [3.05, 3.63) is 36.9 Å². The molecule has 0 aliphatic heterocycles. The molecule has 2 saturated carbocycles. The summed E-state index contributed by atoms with van der Waals surface area (Å²) in [6.45, 7) is 3.80. The van der Waals surface area contributed by atoms with E-state index in [4.69, 9.17) is 0 Å². The molecule has 3 atom stereocenters. The molecule has 2 bridgehead atoms. The number of hydrogen-bond acceptors (Lipinski definition) is 2. The minimum atomic E-state index is 0.717. The Morgan fingerprint density at radius 3 is 2.89 bits per heavy atom. The number of anilines is 1. The molecule has 96 valence electrons. The molecule has 0 radical (unpaired) electrons. The van der Waals surface area contributed by atoms with Crippen LogP contribution >= 0.6 is 11.8 Å². The first-order valence-corrected chi connectivity index (χ1v) is 7.94. The Bertz CT molecular complexity index is 429. The van der Waals surface area contributed by atoms with Crippen molar-refractivity contribution in [1.82, 2.24) is 0 Å². The number of hydrogen-bond donors (Lipinski definition) is 1. The molecule has 2 aliphatic carbocycles. The average molecular weight is 259 g/mol. The van der Waals surface area contributed by atoms with E-state index in [1.54, 1.807) is 0 Å². The van der Waals surface area contributed by atoms with Crippen molar-refractivity contribution in [2.45, 2.75) is 36.6 Å². The fourth-order valence-corrected chi connectivity index (χ4v) is 4.24. The predicted octanol–water partition coefficient (Wildman–Crippen LogP) is 4.57. The molecule has 18 heavy (non-hydrogen) atoms. The summed E-state index contributed by atoms with van der Waals surface area (Å²) in [5.74, 6) is 2.91. The molecule has 2 heteroatoms. The van der Waals surface area contributed by atoms with Gasteiger partial charge in [0.2, 0.25) is 0 Å². The second-order valence-corrected chi connectivity index (χ2v) is 6.58. The normalized spacial score (nSPS) is 29.4. The molecular formula is C16H21NS. The van der Waals surface area contributed by atoms with Crippen LogP contribution < -0.4 is 5.32 Å². The average Bonchev–Trinajstić information content (AvgIpc) is 3.00. The highest BCUT2D eigenvalue weighted by Gasteiger charge is 2.39. The van der Waals surface area contributed by atoms with E-state index in [1.807, 2.05) is 17.8 Å². The summed E-state index contributed by atoms with van der Waals surface area (Å²) in [6, 6.07) is 9.40. The molecule has 0 amide bonds. The van der Waals surface area contributed by atoms with E-state index in [2.05, 4.69) is 36.2 Å². The van der Waals surface area contributed by atoms with E-state index >= 15 is 0 Å². The van der Waals surface area contributed by atoms with Crippen LogP contribution in [0.3, 0.4) is 0 Å². The third-order valence-electron chi connectivity index (χ3n) is 4.32. The van der Waals surface area contributed by atoms with E-state index < -0.39 is 0 Å². The fraction of sp³-hybridized carbons (Fsp3) is 0.500. The van der Waals surface area contributed by atoms with Gasteiger partial charge >= 0.3 is 0 Å². The summed E-state index contributed by atoms with van der Waals surface area (Å²) >= 11 is 1.87. The molecule has 0 spiro atoms. The van der Waals surface area contributed by atoms with Crippen molar-refractivity contribution in [1.29, 1.82) is 0 Å². The number of para-hydroxylation sites is 1. The lowest BCUT2D eigenvalue weighted by Crippen LogP contribution is -2.26. The van der Waals surface area contributed by atoms with Gasteiger partial charge in [0.1, 0.15) is 0 Å². The van der Waals surface area contributed by atoms with Gasteiger partial charge in [-0.05, 0) is 43.2 Å². The molecule has 0 saturated heterocycles. The molecule has 1 N–H and O–H groups in total. The second kappa shape index (κ2) is 5.40. The zero-order chi connectivity index (χ0) is 12.4. The third kappa shape index (κ3) is 2.44.